The van der Waals surface area contributed by atoms with Gasteiger partial charge in [0.05, 0.1) is 23.4 Å². The Morgan fingerprint density at radius 1 is 1.08 bits per heavy atom. The molecule has 0 saturated heterocycles. The molecule has 7 nitrogen and oxygen atoms in total. The number of nitrogens with two attached hydrogens (primary N) is 1. The van der Waals surface area contributed by atoms with E-state index in [0.29, 0.717) is 33.2 Å². The van der Waals surface area contributed by atoms with Gasteiger partial charge in [-0.2, -0.15) is 5.26 Å². The highest BCUT2D eigenvalue weighted by Gasteiger charge is 2.63. The van der Waals surface area contributed by atoms with Gasteiger partial charge in [-0.05, 0) is 42.0 Å². The fourth-order valence-electron chi connectivity index (χ4n) is 5.48. The highest BCUT2D eigenvalue weighted by atomic mass is 35.5. The van der Waals surface area contributed by atoms with E-state index >= 15 is 0 Å². The van der Waals surface area contributed by atoms with Gasteiger partial charge in [0.25, 0.3) is 0 Å². The van der Waals surface area contributed by atoms with Crippen molar-refractivity contribution in [3.63, 3.8) is 0 Å². The monoisotopic (exact) mass is 512 g/mol. The number of rotatable bonds is 3. The van der Waals surface area contributed by atoms with Crippen LogP contribution in [0.3, 0.4) is 0 Å². The lowest BCUT2D eigenvalue weighted by molar-refractivity contribution is -0.137. The Morgan fingerprint density at radius 3 is 2.62 bits per heavy atom. The molecule has 1 atom stereocenters. The number of nitrogens with zero attached hydrogens (tertiary/aromatic N) is 3. The summed E-state index contributed by atoms with van der Waals surface area (Å²) in [6.45, 7) is -0.106. The van der Waals surface area contributed by atoms with Gasteiger partial charge in [0.15, 0.2) is 0 Å². The van der Waals surface area contributed by atoms with Crippen LogP contribution in [-0.4, -0.2) is 18.5 Å². The van der Waals surface area contributed by atoms with Crippen molar-refractivity contribution in [3.8, 4) is 6.07 Å². The van der Waals surface area contributed by atoms with Gasteiger partial charge in [-0.25, -0.2) is 9.18 Å². The van der Waals surface area contributed by atoms with E-state index < -0.39 is 23.1 Å². The van der Waals surface area contributed by atoms with Gasteiger partial charge in [0, 0.05) is 22.0 Å². The topological polar surface area (TPSA) is 99.7 Å². The molecule has 182 valence electrons. The van der Waals surface area contributed by atoms with Crippen LogP contribution >= 0.6 is 11.6 Å². The first kappa shape index (κ1) is 22.8. The van der Waals surface area contributed by atoms with Crippen molar-refractivity contribution in [2.24, 2.45) is 5.73 Å². The zero-order chi connectivity index (χ0) is 25.9. The molecule has 0 unspecified atom stereocenters. The Labute approximate surface area is 216 Å². The van der Waals surface area contributed by atoms with Crippen LogP contribution in [0.4, 0.5) is 15.8 Å². The molecule has 37 heavy (non-hydrogen) atoms. The highest BCUT2D eigenvalue weighted by molar-refractivity contribution is 6.30. The maximum Gasteiger partial charge on any atom is 0.338 e. The smallest absolute Gasteiger partial charge is 0.338 e. The van der Waals surface area contributed by atoms with E-state index in [1.54, 1.807) is 65.6 Å². The number of fused-ring (bicyclic) bond motifs is 3. The molecule has 0 aromatic heterocycles. The molecule has 0 fully saturated rings. The van der Waals surface area contributed by atoms with E-state index in [4.69, 9.17) is 22.1 Å². The Hall–Kier alpha value is -4.61. The van der Waals surface area contributed by atoms with Gasteiger partial charge < -0.3 is 15.4 Å². The number of anilines is 2. The first-order valence-corrected chi connectivity index (χ1v) is 11.8. The van der Waals surface area contributed by atoms with Crippen molar-refractivity contribution in [1.82, 2.24) is 0 Å². The quantitative estimate of drug-likeness (QED) is 0.526. The maximum atomic E-state index is 14.4. The summed E-state index contributed by atoms with van der Waals surface area (Å²) < 4.78 is 19.4. The number of halogens is 2. The first-order valence-electron chi connectivity index (χ1n) is 11.4. The zero-order valence-electron chi connectivity index (χ0n) is 19.2. The van der Waals surface area contributed by atoms with Crippen LogP contribution in [0.15, 0.2) is 95.5 Å². The third-order valence-electron chi connectivity index (χ3n) is 6.92. The van der Waals surface area contributed by atoms with Crippen LogP contribution in [0, 0.1) is 17.1 Å². The number of hydrogen-bond acceptors (Lipinski definition) is 6. The normalized spacial score (nSPS) is 20.4. The van der Waals surface area contributed by atoms with E-state index in [-0.39, 0.29) is 30.1 Å². The molecule has 0 aliphatic carbocycles. The van der Waals surface area contributed by atoms with Crippen molar-refractivity contribution in [1.29, 1.82) is 5.26 Å². The predicted octanol–water partition coefficient (Wildman–Crippen LogP) is 4.29. The number of cyclic esters (lactones) is 1. The van der Waals surface area contributed by atoms with Gasteiger partial charge in [-0.3, -0.25) is 9.69 Å². The average molecular weight is 513 g/mol. The number of hydrogen-bond donors (Lipinski definition) is 1. The Morgan fingerprint density at radius 2 is 1.86 bits per heavy atom. The summed E-state index contributed by atoms with van der Waals surface area (Å²) in [4.78, 5) is 30.8. The SMILES string of the molecule is N#CC1=C(N)N(c2cccc(Cl)c2)C2=C(C(=O)OC2)[C@]12C(=O)N(Cc1cccc(F)c1)c1ccccc12. The molecular weight excluding hydrogens is 495 g/mol. The first-order chi connectivity index (χ1) is 17.9. The largest absolute Gasteiger partial charge is 0.456 e. The Kier molecular flexibility index (Phi) is 5.07. The Bertz CT molecular complexity index is 1630. The summed E-state index contributed by atoms with van der Waals surface area (Å²) >= 11 is 6.22. The number of amides is 1. The summed E-state index contributed by atoms with van der Waals surface area (Å²) in [6.07, 6.45) is 0. The van der Waals surface area contributed by atoms with Crippen LogP contribution in [0.1, 0.15) is 11.1 Å². The summed E-state index contributed by atoms with van der Waals surface area (Å²) in [5.41, 5.74) is 7.14. The van der Waals surface area contributed by atoms with Crippen molar-refractivity contribution >= 4 is 34.9 Å². The summed E-state index contributed by atoms with van der Waals surface area (Å²) in [6, 6.07) is 21.8. The fourth-order valence-corrected chi connectivity index (χ4v) is 5.66. The number of nitriles is 1. The number of benzene rings is 3. The average Bonchev–Trinajstić information content (AvgIpc) is 3.37. The standard InChI is InChI=1S/C28H18ClFN4O3/c29-17-6-4-8-19(12-17)34-23-15-37-26(35)24(23)28(21(13-31)25(34)32)20-9-1-2-10-22(20)33(27(28)36)14-16-5-3-7-18(30)11-16/h1-12H,14-15,32H2/t28-/m1/s1. The molecule has 6 rings (SSSR count). The third kappa shape index (κ3) is 3.11. The molecular formula is C28H18ClFN4O3. The zero-order valence-corrected chi connectivity index (χ0v) is 20.0. The summed E-state index contributed by atoms with van der Waals surface area (Å²) in [7, 11) is 0. The van der Waals surface area contributed by atoms with Crippen LogP contribution in [0.25, 0.3) is 0 Å². The number of carbonyl (C=O) groups excluding carboxylic acids is 2. The molecule has 3 aliphatic rings. The number of ether oxygens (including phenoxy) is 1. The molecule has 9 heteroatoms. The van der Waals surface area contributed by atoms with Crippen LogP contribution in [0.5, 0.6) is 0 Å². The molecule has 0 saturated carbocycles. The molecule has 0 bridgehead atoms. The molecule has 3 aliphatic heterocycles. The van der Waals surface area contributed by atoms with Crippen molar-refractivity contribution in [3.05, 3.63) is 117 Å². The van der Waals surface area contributed by atoms with E-state index in [2.05, 4.69) is 6.07 Å². The van der Waals surface area contributed by atoms with Gasteiger partial charge in [-0.15, -0.1) is 0 Å². The summed E-state index contributed by atoms with van der Waals surface area (Å²) in [5.74, 6) is -1.68. The number of carbonyl (C=O) groups is 2. The summed E-state index contributed by atoms with van der Waals surface area (Å²) in [5, 5.41) is 10.9. The second-order valence-corrected chi connectivity index (χ2v) is 9.31. The number of esters is 1. The van der Waals surface area contributed by atoms with Gasteiger partial charge in [-0.1, -0.05) is 48.0 Å². The van der Waals surface area contributed by atoms with Crippen LogP contribution in [0.2, 0.25) is 5.02 Å². The second kappa shape index (κ2) is 8.22. The van der Waals surface area contributed by atoms with Crippen molar-refractivity contribution in [2.75, 3.05) is 16.4 Å². The molecule has 1 amide bonds. The molecule has 3 heterocycles. The third-order valence-corrected chi connectivity index (χ3v) is 7.16. The minimum atomic E-state index is -1.80. The second-order valence-electron chi connectivity index (χ2n) is 8.87. The highest BCUT2D eigenvalue weighted by Crippen LogP contribution is 2.56. The Balaban J connectivity index is 1.61. The van der Waals surface area contributed by atoms with E-state index in [0.717, 1.165) is 0 Å². The van der Waals surface area contributed by atoms with E-state index in [1.807, 2.05) is 0 Å². The molecule has 3 aromatic rings. The minimum Gasteiger partial charge on any atom is -0.456 e. The number of para-hydroxylation sites is 1. The molecule has 2 N–H and O–H groups in total. The molecule has 1 spiro atoms. The molecule has 3 aromatic carbocycles. The van der Waals surface area contributed by atoms with E-state index in [9.17, 15) is 19.2 Å². The van der Waals surface area contributed by atoms with E-state index in [1.165, 1.54) is 17.0 Å². The molecule has 0 radical (unpaired) electrons. The van der Waals surface area contributed by atoms with Crippen molar-refractivity contribution < 1.29 is 18.7 Å². The maximum absolute atomic E-state index is 14.4. The lowest BCUT2D eigenvalue weighted by Crippen LogP contribution is -2.50. The van der Waals surface area contributed by atoms with Crippen LogP contribution < -0.4 is 15.5 Å². The van der Waals surface area contributed by atoms with Gasteiger partial charge >= 0.3 is 5.97 Å². The minimum absolute atomic E-state index is 0.00225. The van der Waals surface area contributed by atoms with Gasteiger partial charge in [0.1, 0.15) is 29.7 Å². The predicted molar refractivity (Wildman–Crippen MR) is 134 cm³/mol. The fraction of sp³-hybridized carbons (Fsp3) is 0.107. The van der Waals surface area contributed by atoms with Crippen molar-refractivity contribution in [2.45, 2.75) is 12.0 Å². The van der Waals surface area contributed by atoms with Crippen LogP contribution in [-0.2, 0) is 26.3 Å². The van der Waals surface area contributed by atoms with Gasteiger partial charge in [0.2, 0.25) is 5.91 Å². The lowest BCUT2D eigenvalue weighted by atomic mass is 9.67. The lowest BCUT2D eigenvalue weighted by Gasteiger charge is -2.38.